The van der Waals surface area contributed by atoms with E-state index in [1.807, 2.05) is 24.3 Å². The van der Waals surface area contributed by atoms with Crippen LogP contribution in [-0.4, -0.2) is 34.2 Å². The van der Waals surface area contributed by atoms with E-state index >= 15 is 0 Å². The van der Waals surface area contributed by atoms with Crippen LogP contribution in [0.4, 0.5) is 5.82 Å². The zero-order valence-electron chi connectivity index (χ0n) is 10.9. The van der Waals surface area contributed by atoms with E-state index in [1.165, 1.54) is 10.9 Å². The molecule has 100 valence electrons. The Bertz CT molecular complexity index is 577. The third kappa shape index (κ3) is 2.69. The Hall–Kier alpha value is -1.65. The van der Waals surface area contributed by atoms with Crippen LogP contribution in [-0.2, 0) is 6.54 Å². The number of pyridine rings is 1. The van der Waals surface area contributed by atoms with Crippen LogP contribution in [0.25, 0.3) is 10.9 Å². The molecule has 0 amide bonds. The van der Waals surface area contributed by atoms with Gasteiger partial charge in [0.25, 0.3) is 0 Å². The van der Waals surface area contributed by atoms with E-state index in [0.717, 1.165) is 38.0 Å². The fourth-order valence-electron chi connectivity index (χ4n) is 2.72. The smallest absolute Gasteiger partial charge is 0.124 e. The lowest BCUT2D eigenvalue weighted by Crippen LogP contribution is -2.35. The Morgan fingerprint density at radius 2 is 2.00 bits per heavy atom. The van der Waals surface area contributed by atoms with Crippen LogP contribution in [0.15, 0.2) is 30.3 Å². The molecule has 0 atom stereocenters. The van der Waals surface area contributed by atoms with Gasteiger partial charge < -0.3 is 10.8 Å². The van der Waals surface area contributed by atoms with Crippen LogP contribution in [0.3, 0.4) is 0 Å². The molecule has 1 aromatic heterocycles. The summed E-state index contributed by atoms with van der Waals surface area (Å²) in [5.41, 5.74) is 8.06. The molecule has 4 heteroatoms. The summed E-state index contributed by atoms with van der Waals surface area (Å²) in [5.74, 6) is 0.575. The number of hydrogen-bond donors (Lipinski definition) is 2. The minimum atomic E-state index is -0.129. The number of likely N-dealkylation sites (tertiary alicyclic amines) is 1. The molecule has 3 N–H and O–H groups in total. The molecular weight excluding hydrogens is 238 g/mol. The molecule has 1 aliphatic heterocycles. The van der Waals surface area contributed by atoms with Gasteiger partial charge in [0.05, 0.1) is 11.6 Å². The third-order valence-corrected chi connectivity index (χ3v) is 3.77. The highest BCUT2D eigenvalue weighted by Crippen LogP contribution is 2.22. The zero-order chi connectivity index (χ0) is 13.2. The second-order valence-electron chi connectivity index (χ2n) is 5.23. The van der Waals surface area contributed by atoms with Gasteiger partial charge in [0.2, 0.25) is 0 Å². The lowest BCUT2D eigenvalue weighted by molar-refractivity contribution is 0.0794. The Balaban J connectivity index is 1.88. The number of nitrogens with two attached hydrogens (primary N) is 1. The standard InChI is InChI=1S/C15H19N3O/c16-15-9-11(10-18-7-5-12(19)6-8-18)13-3-1-2-4-14(13)17-15/h1-4,9,12,19H,5-8,10H2,(H2,16,17). The highest BCUT2D eigenvalue weighted by molar-refractivity contribution is 5.83. The van der Waals surface area contributed by atoms with Crippen LogP contribution in [0.2, 0.25) is 0 Å². The Kier molecular flexibility index (Phi) is 3.36. The normalized spacial score (nSPS) is 17.9. The van der Waals surface area contributed by atoms with Crippen LogP contribution in [0, 0.1) is 0 Å². The summed E-state index contributed by atoms with van der Waals surface area (Å²) in [5, 5.41) is 10.7. The topological polar surface area (TPSA) is 62.4 Å². The Morgan fingerprint density at radius 3 is 2.79 bits per heavy atom. The average molecular weight is 257 g/mol. The second kappa shape index (κ2) is 5.15. The van der Waals surface area contributed by atoms with Crippen molar-refractivity contribution >= 4 is 16.7 Å². The number of piperidine rings is 1. The van der Waals surface area contributed by atoms with Crippen molar-refractivity contribution in [2.24, 2.45) is 0 Å². The average Bonchev–Trinajstić information content (AvgIpc) is 2.41. The van der Waals surface area contributed by atoms with Crippen molar-refractivity contribution in [3.8, 4) is 0 Å². The molecular formula is C15H19N3O. The summed E-state index contributed by atoms with van der Waals surface area (Å²) in [4.78, 5) is 6.73. The fraction of sp³-hybridized carbons (Fsp3) is 0.400. The van der Waals surface area contributed by atoms with Gasteiger partial charge in [-0.3, -0.25) is 4.90 Å². The van der Waals surface area contributed by atoms with Crippen molar-refractivity contribution in [2.45, 2.75) is 25.5 Å². The number of aliphatic hydroxyl groups excluding tert-OH is 1. The third-order valence-electron chi connectivity index (χ3n) is 3.77. The minimum Gasteiger partial charge on any atom is -0.393 e. The molecule has 0 aliphatic carbocycles. The van der Waals surface area contributed by atoms with Gasteiger partial charge in [-0.05, 0) is 30.5 Å². The van der Waals surface area contributed by atoms with E-state index in [0.29, 0.717) is 5.82 Å². The lowest BCUT2D eigenvalue weighted by Gasteiger charge is -2.29. The summed E-state index contributed by atoms with van der Waals surface area (Å²) < 4.78 is 0. The first-order valence-corrected chi connectivity index (χ1v) is 6.77. The van der Waals surface area contributed by atoms with Crippen molar-refractivity contribution in [2.75, 3.05) is 18.8 Å². The highest BCUT2D eigenvalue weighted by atomic mass is 16.3. The van der Waals surface area contributed by atoms with Gasteiger partial charge >= 0.3 is 0 Å². The second-order valence-corrected chi connectivity index (χ2v) is 5.23. The Labute approximate surface area is 112 Å². The van der Waals surface area contributed by atoms with Gasteiger partial charge in [0, 0.05) is 25.0 Å². The van der Waals surface area contributed by atoms with Gasteiger partial charge in [0.15, 0.2) is 0 Å². The predicted molar refractivity (Wildman–Crippen MR) is 76.7 cm³/mol. The van der Waals surface area contributed by atoms with E-state index in [1.54, 1.807) is 0 Å². The number of hydrogen-bond acceptors (Lipinski definition) is 4. The summed E-state index contributed by atoms with van der Waals surface area (Å²) in [6.07, 6.45) is 1.59. The maximum Gasteiger partial charge on any atom is 0.124 e. The lowest BCUT2D eigenvalue weighted by atomic mass is 10.0. The highest BCUT2D eigenvalue weighted by Gasteiger charge is 2.17. The number of fused-ring (bicyclic) bond motifs is 1. The van der Waals surface area contributed by atoms with Crippen LogP contribution in [0.5, 0.6) is 0 Å². The Morgan fingerprint density at radius 1 is 1.26 bits per heavy atom. The first-order valence-electron chi connectivity index (χ1n) is 6.77. The van der Waals surface area contributed by atoms with Crippen molar-refractivity contribution in [1.29, 1.82) is 0 Å². The van der Waals surface area contributed by atoms with E-state index in [-0.39, 0.29) is 6.10 Å². The molecule has 1 fully saturated rings. The maximum absolute atomic E-state index is 9.55. The van der Waals surface area contributed by atoms with Gasteiger partial charge in [-0.2, -0.15) is 0 Å². The molecule has 0 saturated carbocycles. The number of benzene rings is 1. The minimum absolute atomic E-state index is 0.129. The molecule has 19 heavy (non-hydrogen) atoms. The first kappa shape index (κ1) is 12.4. The zero-order valence-corrected chi connectivity index (χ0v) is 10.9. The van der Waals surface area contributed by atoms with Gasteiger partial charge in [-0.25, -0.2) is 4.98 Å². The number of para-hydroxylation sites is 1. The van der Waals surface area contributed by atoms with E-state index in [2.05, 4.69) is 16.0 Å². The number of rotatable bonds is 2. The van der Waals surface area contributed by atoms with Crippen LogP contribution < -0.4 is 5.73 Å². The van der Waals surface area contributed by atoms with E-state index in [4.69, 9.17) is 5.73 Å². The molecule has 0 radical (unpaired) electrons. The molecule has 1 aromatic carbocycles. The van der Waals surface area contributed by atoms with Crippen molar-refractivity contribution in [3.05, 3.63) is 35.9 Å². The van der Waals surface area contributed by atoms with E-state index in [9.17, 15) is 5.11 Å². The van der Waals surface area contributed by atoms with Gasteiger partial charge in [0.1, 0.15) is 5.82 Å². The summed E-state index contributed by atoms with van der Waals surface area (Å²) in [7, 11) is 0. The largest absolute Gasteiger partial charge is 0.393 e. The molecule has 1 saturated heterocycles. The van der Waals surface area contributed by atoms with Crippen molar-refractivity contribution in [1.82, 2.24) is 9.88 Å². The van der Waals surface area contributed by atoms with Gasteiger partial charge in [-0.15, -0.1) is 0 Å². The van der Waals surface area contributed by atoms with E-state index < -0.39 is 0 Å². The SMILES string of the molecule is Nc1cc(CN2CCC(O)CC2)c2ccccc2n1. The quantitative estimate of drug-likeness (QED) is 0.860. The summed E-state index contributed by atoms with van der Waals surface area (Å²) in [6.45, 7) is 2.76. The molecule has 0 spiro atoms. The predicted octanol–water partition coefficient (Wildman–Crippen LogP) is 1.77. The molecule has 2 heterocycles. The molecule has 0 unspecified atom stereocenters. The summed E-state index contributed by atoms with van der Waals surface area (Å²) in [6, 6.07) is 10.1. The molecule has 3 rings (SSSR count). The fourth-order valence-corrected chi connectivity index (χ4v) is 2.72. The van der Waals surface area contributed by atoms with Crippen molar-refractivity contribution in [3.63, 3.8) is 0 Å². The maximum atomic E-state index is 9.55. The summed E-state index contributed by atoms with van der Waals surface area (Å²) >= 11 is 0. The number of anilines is 1. The molecule has 4 nitrogen and oxygen atoms in total. The monoisotopic (exact) mass is 257 g/mol. The van der Waals surface area contributed by atoms with Crippen LogP contribution >= 0.6 is 0 Å². The molecule has 0 bridgehead atoms. The van der Waals surface area contributed by atoms with Crippen molar-refractivity contribution < 1.29 is 5.11 Å². The first-order chi connectivity index (χ1) is 9.22. The van der Waals surface area contributed by atoms with Crippen LogP contribution in [0.1, 0.15) is 18.4 Å². The number of aliphatic hydroxyl groups is 1. The number of nitrogens with zero attached hydrogens (tertiary/aromatic N) is 2. The molecule has 1 aliphatic rings. The molecule has 2 aromatic rings. The number of aromatic nitrogens is 1. The number of nitrogen functional groups attached to an aromatic ring is 1. The van der Waals surface area contributed by atoms with Gasteiger partial charge in [-0.1, -0.05) is 18.2 Å².